The Balaban J connectivity index is 0.000000360. The highest BCUT2D eigenvalue weighted by atomic mass is 31.2. The van der Waals surface area contributed by atoms with E-state index in [2.05, 4.69) is 180 Å². The first kappa shape index (κ1) is 78.9. The number of quaternary nitrogens is 1. The van der Waals surface area contributed by atoms with Gasteiger partial charge in [-0.15, -0.1) is 4.52 Å². The average molecular weight is 1350 g/mol. The molecule has 0 radical (unpaired) electrons. The number of benzene rings is 2. The van der Waals surface area contributed by atoms with Crippen LogP contribution in [0.5, 0.6) is 0 Å². The third-order valence-corrected chi connectivity index (χ3v) is 27.2. The van der Waals surface area contributed by atoms with Crippen LogP contribution in [0.25, 0.3) is 22.3 Å². The SMILES string of the molecule is CC.CC(C)(C)[NH3+].CC[C@H]1O[C@@H](n2cnc3c(NC(=O)c4ccccc4)ncnc32)[C@H](O[Si](C)(C)C(C)(C)C)[C@@H]1OP(OCCC#N)N(C(C)C)C(C)C.CC[C@H]1O[C@@H](n2cnc3c(NC(=O)c4ccccc4)ncnc32)[C@H](O[Si](C)(C)C(C)(C)C)[C@@H]1O[P+](=O)[O-].O. The maximum absolute atomic E-state index is 13.0. The summed E-state index contributed by atoms with van der Waals surface area (Å²) < 4.78 is 63.1. The molecule has 0 aliphatic carbocycles. The third kappa shape index (κ3) is 20.5. The molecule has 2 aromatic carbocycles. The molecule has 10 atom stereocenters. The fourth-order valence-corrected chi connectivity index (χ4v) is 14.1. The quantitative estimate of drug-likeness (QED) is 0.0323. The molecule has 0 saturated carbocycles. The predicted octanol–water partition coefficient (Wildman–Crippen LogP) is 11.8. The molecule has 7 N–H and O–H groups in total. The van der Waals surface area contributed by atoms with Gasteiger partial charge in [0.05, 0.1) is 49.5 Å². The second-order valence-corrected chi connectivity index (χ2v) is 38.4. The van der Waals surface area contributed by atoms with E-state index in [4.69, 9.17) is 31.9 Å². The number of nitriles is 1. The van der Waals surface area contributed by atoms with Gasteiger partial charge in [-0.05, 0) is 126 Å². The Kier molecular flexibility index (Phi) is 29.4. The number of ether oxygens (including phenoxy) is 2. The van der Waals surface area contributed by atoms with Gasteiger partial charge in [0.15, 0.2) is 69.2 Å². The standard InChI is InChI=1S/C33H50N7O5PSi.C24H32N5O6PSi.C4H11N.C2H6.H2O/c1-11-25-27(44-46(42-19-15-18-34)40(22(2)3)23(4)5)28(45-47(9,10)33(6,7)8)32(43-25)39-21-37-26-29(35-20-36-30(26)39)38-31(41)24-16-13-12-14-17-24;1-7-16-18(34-36(31)32)19(35-37(5,6)24(2,3)4)23(33-16)29-14-27-17-20(25-13-26-21(17)29)28-22(30)15-11-9-8-10-12-15;1-4(2,3)5;1-2;/h12-14,16-17,20-23,25,27-28,32H,11,15,19H2,1-10H3,(H,35,36,38,41);8-14,16,18-19,23H,7H2,1-6H3,(H,25,26,28,30);5H2,1-3H3;1-2H3;1H2/p+1/t25-,27-,28-,32-,46?;16-,18-,19-,23-;;;/m11.../s1. The number of fused-ring (bicyclic) bond motifs is 2. The van der Waals surface area contributed by atoms with Crippen molar-refractivity contribution < 1.29 is 62.2 Å². The normalized spacial score (nSPS) is 20.7. The topological polar surface area (TPSA) is 336 Å². The molecule has 25 nitrogen and oxygen atoms in total. The minimum absolute atomic E-state index is 0. The summed E-state index contributed by atoms with van der Waals surface area (Å²) in [6.45, 7) is 44.5. The van der Waals surface area contributed by atoms with E-state index in [0.717, 1.165) is 0 Å². The molecule has 2 fully saturated rings. The summed E-state index contributed by atoms with van der Waals surface area (Å²) in [6.07, 6.45) is 2.61. The molecular formula is C63H102N13O12P2Si2+. The molecule has 29 heteroatoms. The number of carbonyl (C=O) groups excluding carboxylic acids is 2. The zero-order chi connectivity index (χ0) is 68.0. The minimum atomic E-state index is -3.13. The molecule has 2 unspecified atom stereocenters. The summed E-state index contributed by atoms with van der Waals surface area (Å²) >= 11 is 0. The molecule has 6 heterocycles. The monoisotopic (exact) mass is 1350 g/mol. The number of anilines is 2. The fourth-order valence-electron chi connectivity index (χ4n) is 9.36. The molecule has 0 bridgehead atoms. The lowest BCUT2D eigenvalue weighted by molar-refractivity contribution is -0.458. The van der Waals surface area contributed by atoms with Gasteiger partial charge in [-0.2, -0.15) is 5.26 Å². The number of amides is 2. The van der Waals surface area contributed by atoms with E-state index in [0.29, 0.717) is 52.1 Å². The minimum Gasteiger partial charge on any atom is -0.566 e. The maximum Gasteiger partial charge on any atom is 0.488 e. The highest BCUT2D eigenvalue weighted by molar-refractivity contribution is 7.44. The van der Waals surface area contributed by atoms with Crippen molar-refractivity contribution >= 4 is 79.2 Å². The van der Waals surface area contributed by atoms with Crippen LogP contribution in [-0.2, 0) is 36.5 Å². The molecule has 2 aliphatic heterocycles. The van der Waals surface area contributed by atoms with Crippen molar-refractivity contribution in [3.8, 4) is 6.07 Å². The van der Waals surface area contributed by atoms with Crippen LogP contribution in [0.4, 0.5) is 11.6 Å². The number of hydrogen-bond acceptors (Lipinski definition) is 19. The molecule has 6 aromatic rings. The lowest BCUT2D eigenvalue weighted by atomic mass is 10.1. The second-order valence-electron chi connectivity index (χ2n) is 26.8. The Morgan fingerprint density at radius 3 is 1.42 bits per heavy atom. The molecule has 2 aliphatic rings. The molecule has 508 valence electrons. The number of rotatable bonds is 22. The maximum atomic E-state index is 13.0. The van der Waals surface area contributed by atoms with Crippen LogP contribution in [-0.4, -0.2) is 138 Å². The van der Waals surface area contributed by atoms with Crippen molar-refractivity contribution in [3.63, 3.8) is 0 Å². The molecule has 4 aromatic heterocycles. The van der Waals surface area contributed by atoms with E-state index < -0.39 is 76.4 Å². The second kappa shape index (κ2) is 34.3. The first-order valence-electron chi connectivity index (χ1n) is 31.3. The summed E-state index contributed by atoms with van der Waals surface area (Å²) in [7, 11) is -9.44. The Labute approximate surface area is 548 Å². The van der Waals surface area contributed by atoms with Crippen molar-refractivity contribution in [1.29, 1.82) is 5.26 Å². The zero-order valence-electron chi connectivity index (χ0n) is 57.7. The van der Waals surface area contributed by atoms with Crippen LogP contribution in [0.2, 0.25) is 36.3 Å². The molecule has 92 heavy (non-hydrogen) atoms. The number of imidazole rings is 2. The van der Waals surface area contributed by atoms with Gasteiger partial charge in [0, 0.05) is 23.2 Å². The molecule has 0 spiro atoms. The van der Waals surface area contributed by atoms with E-state index in [-0.39, 0.29) is 69.9 Å². The van der Waals surface area contributed by atoms with Gasteiger partial charge >= 0.3 is 8.25 Å². The lowest BCUT2D eigenvalue weighted by Crippen LogP contribution is -2.67. The van der Waals surface area contributed by atoms with E-state index >= 15 is 0 Å². The third-order valence-electron chi connectivity index (χ3n) is 15.7. The number of carbonyl (C=O) groups is 2. The smallest absolute Gasteiger partial charge is 0.488 e. The number of hydrogen-bond donors (Lipinski definition) is 3. The van der Waals surface area contributed by atoms with Gasteiger partial charge in [-0.3, -0.25) is 18.7 Å². The number of nitrogens with one attached hydrogen (secondary N) is 2. The molecule has 8 rings (SSSR count). The fraction of sp³-hybridized carbons (Fsp3) is 0.603. The van der Waals surface area contributed by atoms with E-state index in [9.17, 15) is 24.3 Å². The highest BCUT2D eigenvalue weighted by Crippen LogP contribution is 2.53. The van der Waals surface area contributed by atoms with Crippen LogP contribution in [0, 0.1) is 11.3 Å². The van der Waals surface area contributed by atoms with Gasteiger partial charge in [0.25, 0.3) is 20.3 Å². The van der Waals surface area contributed by atoms with E-state index in [1.165, 1.54) is 19.0 Å². The van der Waals surface area contributed by atoms with Crippen LogP contribution in [0.1, 0.15) is 170 Å². The Hall–Kier alpha value is -5.51. The van der Waals surface area contributed by atoms with E-state index in [1.807, 2.05) is 49.6 Å². The van der Waals surface area contributed by atoms with Crippen LogP contribution < -0.4 is 21.3 Å². The average Bonchev–Trinajstić information content (AvgIpc) is 1.60. The van der Waals surface area contributed by atoms with Crippen molar-refractivity contribution in [2.75, 3.05) is 17.2 Å². The first-order valence-corrected chi connectivity index (χ1v) is 39.3. The largest absolute Gasteiger partial charge is 0.566 e. The van der Waals surface area contributed by atoms with Crippen molar-refractivity contribution in [2.45, 2.75) is 240 Å². The Bertz CT molecular complexity index is 3330. The summed E-state index contributed by atoms with van der Waals surface area (Å²) in [6, 6.07) is 20.2. The van der Waals surface area contributed by atoms with Gasteiger partial charge in [0.2, 0.25) is 0 Å². The lowest BCUT2D eigenvalue weighted by Gasteiger charge is -2.42. The van der Waals surface area contributed by atoms with Gasteiger partial charge < -0.3 is 54.1 Å². The Morgan fingerprint density at radius 1 is 0.696 bits per heavy atom. The number of aromatic nitrogens is 8. The van der Waals surface area contributed by atoms with Crippen molar-refractivity contribution in [1.82, 2.24) is 43.7 Å². The predicted molar refractivity (Wildman–Crippen MR) is 362 cm³/mol. The molecular weight excluding hydrogens is 1250 g/mol. The summed E-state index contributed by atoms with van der Waals surface area (Å²) in [4.78, 5) is 64.0. The van der Waals surface area contributed by atoms with E-state index in [1.54, 1.807) is 47.3 Å². The Morgan fingerprint density at radius 2 is 1.08 bits per heavy atom. The highest BCUT2D eigenvalue weighted by Gasteiger charge is 2.55. The van der Waals surface area contributed by atoms with Crippen LogP contribution in [0.3, 0.4) is 0 Å². The van der Waals surface area contributed by atoms with Gasteiger partial charge in [-0.25, -0.2) is 34.6 Å². The van der Waals surface area contributed by atoms with Crippen LogP contribution in [0.15, 0.2) is 86.0 Å². The van der Waals surface area contributed by atoms with Crippen molar-refractivity contribution in [2.24, 2.45) is 0 Å². The molecule has 2 saturated heterocycles. The first-order chi connectivity index (χ1) is 42.6. The summed E-state index contributed by atoms with van der Waals surface area (Å²) in [5, 5.41) is 14.7. The summed E-state index contributed by atoms with van der Waals surface area (Å²) in [5.74, 6) is -0.0631. The number of nitrogens with zero attached hydrogens (tertiary/aromatic N) is 10. The van der Waals surface area contributed by atoms with Gasteiger partial charge in [0.1, 0.15) is 31.0 Å². The van der Waals surface area contributed by atoms with Crippen molar-refractivity contribution in [3.05, 3.63) is 97.1 Å². The zero-order valence-corrected chi connectivity index (χ0v) is 61.5. The van der Waals surface area contributed by atoms with Gasteiger partial charge in [-0.1, -0.05) is 106 Å². The van der Waals surface area contributed by atoms with Crippen LogP contribution >= 0.6 is 16.8 Å². The summed E-state index contributed by atoms with van der Waals surface area (Å²) in [5.41, 5.74) is 6.74. The molecule has 2 amide bonds.